The molecule has 0 radical (unpaired) electrons. The van der Waals surface area contributed by atoms with Crippen LogP contribution in [0.3, 0.4) is 0 Å². The monoisotopic (exact) mass is 509 g/mol. The minimum absolute atomic E-state index is 0.169. The number of aromatic nitrogens is 1. The highest BCUT2D eigenvalue weighted by molar-refractivity contribution is 5.95. The predicted molar refractivity (Wildman–Crippen MR) is 131 cm³/mol. The summed E-state index contributed by atoms with van der Waals surface area (Å²) in [4.78, 5) is 46.6. The number of hydrogen-bond acceptors (Lipinski definition) is 6. The normalized spacial score (nSPS) is 27.7. The van der Waals surface area contributed by atoms with Crippen molar-refractivity contribution in [1.29, 1.82) is 5.26 Å². The third-order valence-electron chi connectivity index (χ3n) is 7.37. The van der Waals surface area contributed by atoms with Crippen molar-refractivity contribution in [1.82, 2.24) is 20.1 Å². The number of nitrogens with zero attached hydrogens (tertiary/aromatic N) is 4. The lowest BCUT2D eigenvalue weighted by molar-refractivity contribution is -0.136. The number of halogens is 1. The van der Waals surface area contributed by atoms with Crippen molar-refractivity contribution < 1.29 is 23.5 Å². The number of pyridine rings is 1. The van der Waals surface area contributed by atoms with Crippen molar-refractivity contribution in [2.75, 3.05) is 0 Å². The van der Waals surface area contributed by atoms with Gasteiger partial charge < -0.3 is 19.9 Å². The maximum Gasteiger partial charge on any atom is 0.408 e. The molecule has 4 heterocycles. The van der Waals surface area contributed by atoms with Gasteiger partial charge in [-0.15, -0.1) is 6.42 Å². The molecular weight excluding hydrogens is 477 g/mol. The Hall–Kier alpha value is -3.66. The molecule has 3 aliphatic heterocycles. The van der Waals surface area contributed by atoms with Gasteiger partial charge in [-0.3, -0.25) is 9.59 Å². The van der Waals surface area contributed by atoms with Crippen LogP contribution in [0, 0.1) is 35.5 Å². The predicted octanol–water partition coefficient (Wildman–Crippen LogP) is 3.01. The Balaban J connectivity index is 1.58. The quantitative estimate of drug-likeness (QED) is 0.493. The number of alkyl carbamates (subject to hydrolysis) is 1. The van der Waals surface area contributed by atoms with Crippen molar-refractivity contribution in [2.24, 2.45) is 5.92 Å². The van der Waals surface area contributed by atoms with Gasteiger partial charge in [0.15, 0.2) is 0 Å². The average Bonchev–Trinajstić information content (AvgIpc) is 3.37. The maximum absolute atomic E-state index is 13.9. The highest BCUT2D eigenvalue weighted by atomic mass is 19.1. The second kappa shape index (κ2) is 10.4. The highest BCUT2D eigenvalue weighted by Crippen LogP contribution is 2.41. The standard InChI is InChI=1S/C27H32FN5O4/c1-5-18-6-9-21(15-29)32(18)25(35)23(31-26(36)37-27(2,3)4)17-12-19-7-8-20(13-17)33(19)24(34)16-10-11-30-22(28)14-16/h1,10-11,14,17-21,23H,6-9,12-13H2,2-4H3,(H,31,36)/t17?,18-,19?,20?,21-,23-/m0/s1. The molecule has 196 valence electrons. The van der Waals surface area contributed by atoms with Crippen molar-refractivity contribution in [3.63, 3.8) is 0 Å². The summed E-state index contributed by atoms with van der Waals surface area (Å²) < 4.78 is 19.1. The van der Waals surface area contributed by atoms with Gasteiger partial charge in [0, 0.05) is 29.9 Å². The molecule has 0 aromatic carbocycles. The lowest BCUT2D eigenvalue weighted by Crippen LogP contribution is -2.58. The molecule has 5 atom stereocenters. The topological polar surface area (TPSA) is 116 Å². The summed E-state index contributed by atoms with van der Waals surface area (Å²) in [7, 11) is 0. The third-order valence-corrected chi connectivity index (χ3v) is 7.37. The number of likely N-dealkylation sites (tertiary alicyclic amines) is 1. The van der Waals surface area contributed by atoms with Gasteiger partial charge in [0.2, 0.25) is 11.9 Å². The molecule has 0 spiro atoms. The van der Waals surface area contributed by atoms with Gasteiger partial charge in [-0.2, -0.15) is 9.65 Å². The number of rotatable bonds is 4. The summed E-state index contributed by atoms with van der Waals surface area (Å²) in [5.41, 5.74) is -0.538. The molecule has 0 aliphatic carbocycles. The molecule has 3 amide bonds. The minimum atomic E-state index is -0.960. The van der Waals surface area contributed by atoms with Crippen LogP contribution in [0.25, 0.3) is 0 Å². The summed E-state index contributed by atoms with van der Waals surface area (Å²) >= 11 is 0. The van der Waals surface area contributed by atoms with E-state index in [0.29, 0.717) is 25.7 Å². The first-order chi connectivity index (χ1) is 17.5. The highest BCUT2D eigenvalue weighted by Gasteiger charge is 2.49. The molecule has 9 nitrogen and oxygen atoms in total. The molecule has 10 heteroatoms. The number of nitrogens with one attached hydrogen (secondary N) is 1. The SMILES string of the molecule is C#C[C@H]1CC[C@@H](C#N)N1C(=O)[C@@H](NC(=O)OC(C)(C)C)C1CC2CCC(C1)N2C(=O)c1ccnc(F)c1. The summed E-state index contributed by atoms with van der Waals surface area (Å²) in [6, 6.07) is 2.28. The fraction of sp³-hybridized carbons (Fsp3) is 0.593. The van der Waals surface area contributed by atoms with Gasteiger partial charge in [-0.1, -0.05) is 5.92 Å². The van der Waals surface area contributed by atoms with Crippen LogP contribution in [0.4, 0.5) is 9.18 Å². The van der Waals surface area contributed by atoms with E-state index < -0.39 is 41.7 Å². The zero-order valence-electron chi connectivity index (χ0n) is 21.3. The van der Waals surface area contributed by atoms with Gasteiger partial charge in [0.1, 0.15) is 17.7 Å². The van der Waals surface area contributed by atoms with Crippen molar-refractivity contribution in [3.05, 3.63) is 29.8 Å². The van der Waals surface area contributed by atoms with Gasteiger partial charge in [-0.25, -0.2) is 9.78 Å². The number of amides is 3. The molecule has 2 bridgehead atoms. The number of fused-ring (bicyclic) bond motifs is 2. The van der Waals surface area contributed by atoms with E-state index in [1.807, 2.05) is 0 Å². The maximum atomic E-state index is 13.9. The van der Waals surface area contributed by atoms with Crippen LogP contribution in [0.2, 0.25) is 0 Å². The fourth-order valence-electron chi connectivity index (χ4n) is 5.89. The number of terminal acetylenes is 1. The molecule has 2 unspecified atom stereocenters. The molecule has 1 aromatic rings. The van der Waals surface area contributed by atoms with Gasteiger partial charge >= 0.3 is 6.09 Å². The molecule has 3 fully saturated rings. The summed E-state index contributed by atoms with van der Waals surface area (Å²) in [6.45, 7) is 5.20. The zero-order chi connectivity index (χ0) is 26.9. The van der Waals surface area contributed by atoms with Crippen molar-refractivity contribution >= 4 is 17.9 Å². The Morgan fingerprint density at radius 1 is 1.16 bits per heavy atom. The fourth-order valence-corrected chi connectivity index (χ4v) is 5.89. The van der Waals surface area contributed by atoms with Crippen molar-refractivity contribution in [3.8, 4) is 18.4 Å². The number of ether oxygens (including phenoxy) is 1. The zero-order valence-corrected chi connectivity index (χ0v) is 21.3. The van der Waals surface area contributed by atoms with Gasteiger partial charge in [0.05, 0.1) is 12.1 Å². The summed E-state index contributed by atoms with van der Waals surface area (Å²) in [6.07, 6.45) is 9.61. The van der Waals surface area contributed by atoms with E-state index >= 15 is 0 Å². The number of piperidine rings is 1. The number of nitriles is 1. The second-order valence-electron chi connectivity index (χ2n) is 11.0. The van der Waals surface area contributed by atoms with Crippen LogP contribution >= 0.6 is 0 Å². The van der Waals surface area contributed by atoms with Crippen LogP contribution in [0.5, 0.6) is 0 Å². The van der Waals surface area contributed by atoms with E-state index in [1.165, 1.54) is 17.2 Å². The van der Waals surface area contributed by atoms with Crippen LogP contribution in [0.1, 0.15) is 69.7 Å². The molecule has 0 saturated carbocycles. The first-order valence-corrected chi connectivity index (χ1v) is 12.6. The van der Waals surface area contributed by atoms with E-state index in [9.17, 15) is 24.0 Å². The van der Waals surface area contributed by atoms with E-state index in [0.717, 1.165) is 18.9 Å². The van der Waals surface area contributed by atoms with Crippen LogP contribution in [-0.4, -0.2) is 68.5 Å². The number of carbonyl (C=O) groups is 3. The first-order valence-electron chi connectivity index (χ1n) is 12.6. The number of carbonyl (C=O) groups excluding carboxylic acids is 3. The summed E-state index contributed by atoms with van der Waals surface area (Å²) in [5.74, 6) is 0.910. The minimum Gasteiger partial charge on any atom is -0.444 e. The Bertz CT molecular complexity index is 1120. The van der Waals surface area contributed by atoms with Gasteiger partial charge in [0.25, 0.3) is 5.91 Å². The Morgan fingerprint density at radius 3 is 2.38 bits per heavy atom. The summed E-state index contributed by atoms with van der Waals surface area (Å²) in [5, 5.41) is 12.4. The lowest BCUT2D eigenvalue weighted by atomic mass is 9.83. The Labute approximate surface area is 216 Å². The molecule has 3 aliphatic rings. The second-order valence-corrected chi connectivity index (χ2v) is 11.0. The van der Waals surface area contributed by atoms with Crippen LogP contribution in [0.15, 0.2) is 18.3 Å². The van der Waals surface area contributed by atoms with E-state index in [4.69, 9.17) is 11.2 Å². The Kier molecular flexibility index (Phi) is 7.40. The Morgan fingerprint density at radius 2 is 1.81 bits per heavy atom. The van der Waals surface area contributed by atoms with E-state index in [1.54, 1.807) is 25.7 Å². The van der Waals surface area contributed by atoms with Gasteiger partial charge in [-0.05, 0) is 71.3 Å². The third kappa shape index (κ3) is 5.53. The lowest BCUT2D eigenvalue weighted by Gasteiger charge is -2.42. The van der Waals surface area contributed by atoms with Crippen LogP contribution < -0.4 is 5.32 Å². The van der Waals surface area contributed by atoms with Crippen LogP contribution in [-0.2, 0) is 9.53 Å². The smallest absolute Gasteiger partial charge is 0.408 e. The first kappa shape index (κ1) is 26.4. The molecule has 37 heavy (non-hydrogen) atoms. The average molecular weight is 510 g/mol. The largest absolute Gasteiger partial charge is 0.444 e. The number of hydrogen-bond donors (Lipinski definition) is 1. The molecule has 4 rings (SSSR count). The molecule has 1 aromatic heterocycles. The molecular formula is C27H32FN5O4. The molecule has 1 N–H and O–H groups in total. The van der Waals surface area contributed by atoms with E-state index in [2.05, 4.69) is 22.3 Å². The molecule has 3 saturated heterocycles. The van der Waals surface area contributed by atoms with Crippen molar-refractivity contribution in [2.45, 2.75) is 95.1 Å². The van der Waals surface area contributed by atoms with E-state index in [-0.39, 0.29) is 29.5 Å².